The third kappa shape index (κ3) is 4.94. The van der Waals surface area contributed by atoms with Gasteiger partial charge >= 0.3 is 0 Å². The summed E-state index contributed by atoms with van der Waals surface area (Å²) in [5, 5.41) is 4.04. The molecule has 0 aliphatic heterocycles. The standard InChI is InChI=1S/C15H22Cl2FN/c1-9(2)5-6-10(3)19-11(4)14-12(16)7-8-13(18)15(14)17/h7-11,19H,5-6H2,1-4H3. The minimum atomic E-state index is -0.426. The molecular formula is C15H22Cl2FN. The highest BCUT2D eigenvalue weighted by Crippen LogP contribution is 2.32. The zero-order valence-electron chi connectivity index (χ0n) is 11.9. The average molecular weight is 306 g/mol. The van der Waals surface area contributed by atoms with Crippen LogP contribution in [0.25, 0.3) is 0 Å². The molecule has 108 valence electrons. The van der Waals surface area contributed by atoms with E-state index in [-0.39, 0.29) is 11.1 Å². The first-order chi connectivity index (χ1) is 8.82. The summed E-state index contributed by atoms with van der Waals surface area (Å²) in [6.07, 6.45) is 2.23. The first-order valence-electron chi connectivity index (χ1n) is 6.72. The lowest BCUT2D eigenvalue weighted by Crippen LogP contribution is -2.29. The maximum Gasteiger partial charge on any atom is 0.142 e. The van der Waals surface area contributed by atoms with E-state index in [1.165, 1.54) is 6.07 Å². The monoisotopic (exact) mass is 305 g/mol. The number of hydrogen-bond donors (Lipinski definition) is 1. The number of rotatable bonds is 6. The van der Waals surface area contributed by atoms with Crippen molar-refractivity contribution in [2.24, 2.45) is 5.92 Å². The summed E-state index contributed by atoms with van der Waals surface area (Å²) in [5.41, 5.74) is 0.639. The van der Waals surface area contributed by atoms with Gasteiger partial charge in [0, 0.05) is 22.7 Å². The van der Waals surface area contributed by atoms with Crippen molar-refractivity contribution >= 4 is 23.2 Å². The van der Waals surface area contributed by atoms with Crippen LogP contribution in [0.5, 0.6) is 0 Å². The predicted octanol–water partition coefficient (Wildman–Crippen LogP) is 5.61. The molecule has 0 radical (unpaired) electrons. The summed E-state index contributed by atoms with van der Waals surface area (Å²) in [6, 6.07) is 3.11. The topological polar surface area (TPSA) is 12.0 Å². The maximum absolute atomic E-state index is 13.5. The Morgan fingerprint density at radius 1 is 1.11 bits per heavy atom. The van der Waals surface area contributed by atoms with Crippen LogP contribution in [0.2, 0.25) is 10.0 Å². The molecule has 0 amide bonds. The average Bonchev–Trinajstić information content (AvgIpc) is 2.32. The van der Waals surface area contributed by atoms with Gasteiger partial charge in [0.1, 0.15) is 5.82 Å². The largest absolute Gasteiger partial charge is 0.308 e. The zero-order valence-corrected chi connectivity index (χ0v) is 13.4. The van der Waals surface area contributed by atoms with E-state index < -0.39 is 5.82 Å². The molecule has 0 aliphatic rings. The van der Waals surface area contributed by atoms with Gasteiger partial charge in [-0.15, -0.1) is 0 Å². The highest BCUT2D eigenvalue weighted by atomic mass is 35.5. The molecule has 1 aromatic rings. The number of halogens is 3. The molecule has 0 heterocycles. The Kier molecular flexibility index (Phi) is 6.58. The molecule has 2 atom stereocenters. The van der Waals surface area contributed by atoms with Crippen LogP contribution in [0.3, 0.4) is 0 Å². The van der Waals surface area contributed by atoms with Crippen LogP contribution in [-0.4, -0.2) is 6.04 Å². The van der Waals surface area contributed by atoms with E-state index in [1.54, 1.807) is 6.07 Å². The van der Waals surface area contributed by atoms with Gasteiger partial charge in [-0.3, -0.25) is 0 Å². The van der Waals surface area contributed by atoms with Crippen LogP contribution < -0.4 is 5.32 Å². The quantitative estimate of drug-likeness (QED) is 0.674. The maximum atomic E-state index is 13.5. The summed E-state index contributed by atoms with van der Waals surface area (Å²) >= 11 is 12.1. The summed E-state index contributed by atoms with van der Waals surface area (Å²) in [7, 11) is 0. The lowest BCUT2D eigenvalue weighted by Gasteiger charge is -2.23. The highest BCUT2D eigenvalue weighted by molar-refractivity contribution is 6.36. The fourth-order valence-corrected chi connectivity index (χ4v) is 2.81. The molecular weight excluding hydrogens is 284 g/mol. The van der Waals surface area contributed by atoms with Gasteiger partial charge in [-0.1, -0.05) is 37.0 Å². The predicted molar refractivity (Wildman–Crippen MR) is 81.5 cm³/mol. The fourth-order valence-electron chi connectivity index (χ4n) is 2.12. The number of nitrogens with one attached hydrogen (secondary N) is 1. The Labute approximate surface area is 125 Å². The SMILES string of the molecule is CC(C)CCC(C)NC(C)c1c(Cl)ccc(F)c1Cl. The van der Waals surface area contributed by atoms with Crippen molar-refractivity contribution in [2.45, 2.75) is 52.6 Å². The summed E-state index contributed by atoms with van der Waals surface area (Å²) in [5.74, 6) is 0.255. The Morgan fingerprint density at radius 2 is 1.74 bits per heavy atom. The van der Waals surface area contributed by atoms with E-state index >= 15 is 0 Å². The molecule has 0 aliphatic carbocycles. The molecule has 2 unspecified atom stereocenters. The highest BCUT2D eigenvalue weighted by Gasteiger charge is 2.18. The lowest BCUT2D eigenvalue weighted by molar-refractivity contribution is 0.416. The molecule has 1 N–H and O–H groups in total. The van der Waals surface area contributed by atoms with Gasteiger partial charge in [0.05, 0.1) is 5.02 Å². The van der Waals surface area contributed by atoms with E-state index in [0.29, 0.717) is 22.5 Å². The Morgan fingerprint density at radius 3 is 2.32 bits per heavy atom. The second-order valence-corrected chi connectivity index (χ2v) is 6.30. The van der Waals surface area contributed by atoms with Crippen molar-refractivity contribution in [2.75, 3.05) is 0 Å². The van der Waals surface area contributed by atoms with Crippen LogP contribution in [0.1, 0.15) is 52.1 Å². The number of hydrogen-bond acceptors (Lipinski definition) is 1. The molecule has 0 spiro atoms. The van der Waals surface area contributed by atoms with Crippen LogP contribution in [-0.2, 0) is 0 Å². The summed E-state index contributed by atoms with van der Waals surface area (Å²) < 4.78 is 13.5. The molecule has 4 heteroatoms. The molecule has 1 aromatic carbocycles. The minimum absolute atomic E-state index is 0.0714. The fraction of sp³-hybridized carbons (Fsp3) is 0.600. The lowest BCUT2D eigenvalue weighted by atomic mass is 10.0. The van der Waals surface area contributed by atoms with Crippen molar-refractivity contribution in [3.63, 3.8) is 0 Å². The summed E-state index contributed by atoms with van der Waals surface area (Å²) in [6.45, 7) is 8.49. The Balaban J connectivity index is 2.73. The molecule has 1 nitrogen and oxygen atoms in total. The Bertz CT molecular complexity index is 421. The molecule has 19 heavy (non-hydrogen) atoms. The van der Waals surface area contributed by atoms with Crippen LogP contribution in [0.15, 0.2) is 12.1 Å². The van der Waals surface area contributed by atoms with Gasteiger partial charge in [0.2, 0.25) is 0 Å². The van der Waals surface area contributed by atoms with Gasteiger partial charge in [0.15, 0.2) is 0 Å². The molecule has 0 fully saturated rings. The van der Waals surface area contributed by atoms with E-state index in [9.17, 15) is 4.39 Å². The van der Waals surface area contributed by atoms with E-state index in [1.807, 2.05) is 6.92 Å². The minimum Gasteiger partial charge on any atom is -0.308 e. The van der Waals surface area contributed by atoms with Crippen molar-refractivity contribution in [3.05, 3.63) is 33.6 Å². The molecule has 0 bridgehead atoms. The van der Waals surface area contributed by atoms with Crippen molar-refractivity contribution in [1.82, 2.24) is 5.32 Å². The zero-order chi connectivity index (χ0) is 14.6. The van der Waals surface area contributed by atoms with Crippen LogP contribution in [0.4, 0.5) is 4.39 Å². The first-order valence-corrected chi connectivity index (χ1v) is 7.48. The van der Waals surface area contributed by atoms with Crippen molar-refractivity contribution in [3.8, 4) is 0 Å². The van der Waals surface area contributed by atoms with Gasteiger partial charge in [0.25, 0.3) is 0 Å². The van der Waals surface area contributed by atoms with Crippen molar-refractivity contribution in [1.29, 1.82) is 0 Å². The normalized spacial score (nSPS) is 14.7. The first kappa shape index (κ1) is 16.7. The van der Waals surface area contributed by atoms with Gasteiger partial charge in [-0.05, 0) is 44.7 Å². The molecule has 0 saturated carbocycles. The third-order valence-corrected chi connectivity index (χ3v) is 3.94. The molecule has 1 rings (SSSR count). The Hall–Kier alpha value is -0.310. The summed E-state index contributed by atoms with van der Waals surface area (Å²) in [4.78, 5) is 0. The van der Waals surface area contributed by atoms with Crippen molar-refractivity contribution < 1.29 is 4.39 Å². The number of benzene rings is 1. The smallest absolute Gasteiger partial charge is 0.142 e. The second kappa shape index (κ2) is 7.47. The molecule has 0 saturated heterocycles. The third-order valence-electron chi connectivity index (χ3n) is 3.22. The van der Waals surface area contributed by atoms with E-state index in [2.05, 4.69) is 26.1 Å². The van der Waals surface area contributed by atoms with E-state index in [4.69, 9.17) is 23.2 Å². The second-order valence-electron chi connectivity index (χ2n) is 5.52. The van der Waals surface area contributed by atoms with Crippen LogP contribution in [0, 0.1) is 11.7 Å². The van der Waals surface area contributed by atoms with Crippen LogP contribution >= 0.6 is 23.2 Å². The molecule has 0 aromatic heterocycles. The van der Waals surface area contributed by atoms with Gasteiger partial charge < -0.3 is 5.32 Å². The van der Waals surface area contributed by atoms with Gasteiger partial charge in [-0.25, -0.2) is 4.39 Å². The van der Waals surface area contributed by atoms with Gasteiger partial charge in [-0.2, -0.15) is 0 Å². The van der Waals surface area contributed by atoms with E-state index in [0.717, 1.165) is 12.8 Å².